The van der Waals surface area contributed by atoms with Crippen LogP contribution in [0.5, 0.6) is 0 Å². The average Bonchev–Trinajstić information content (AvgIpc) is 2.79. The molecule has 4 rings (SSSR count). The van der Waals surface area contributed by atoms with Crippen molar-refractivity contribution in [2.45, 2.75) is 19.4 Å². The molecule has 0 fully saturated rings. The number of hydrogen-bond donors (Lipinski definition) is 2. The molecule has 0 spiro atoms. The molecule has 1 aliphatic carbocycles. The minimum Gasteiger partial charge on any atom is -0.368 e. The van der Waals surface area contributed by atoms with E-state index in [1.807, 2.05) is 0 Å². The van der Waals surface area contributed by atoms with Crippen molar-refractivity contribution in [3.8, 4) is 11.4 Å². The minimum absolute atomic E-state index is 0.0505. The number of amides is 1. The fourth-order valence-corrected chi connectivity index (χ4v) is 2.77. The summed E-state index contributed by atoms with van der Waals surface area (Å²) < 4.78 is 1.77. The lowest BCUT2D eigenvalue weighted by Gasteiger charge is -2.16. The van der Waals surface area contributed by atoms with Gasteiger partial charge in [-0.3, -0.25) is 9.48 Å². The number of rotatable bonds is 0. The molecular formula is C12H12N6O. The first kappa shape index (κ1) is 10.5. The third-order valence-electron chi connectivity index (χ3n) is 3.63. The van der Waals surface area contributed by atoms with Gasteiger partial charge in [0.2, 0.25) is 5.95 Å². The first-order valence-electron chi connectivity index (χ1n) is 6.23. The predicted molar refractivity (Wildman–Crippen MR) is 67.4 cm³/mol. The Labute approximate surface area is 108 Å². The minimum atomic E-state index is -0.0505. The van der Waals surface area contributed by atoms with Crippen LogP contribution in [0.4, 0.5) is 5.95 Å². The van der Waals surface area contributed by atoms with Crippen LogP contribution >= 0.6 is 0 Å². The molecule has 19 heavy (non-hydrogen) atoms. The number of nitrogens with one attached hydrogen (secondary N) is 1. The van der Waals surface area contributed by atoms with Crippen molar-refractivity contribution in [3.63, 3.8) is 0 Å². The molecule has 2 aromatic heterocycles. The summed E-state index contributed by atoms with van der Waals surface area (Å²) in [7, 11) is 0. The van der Waals surface area contributed by atoms with Crippen molar-refractivity contribution < 1.29 is 4.79 Å². The molecule has 0 radical (unpaired) electrons. The maximum Gasteiger partial charge on any atom is 0.269 e. The van der Waals surface area contributed by atoms with E-state index in [-0.39, 0.29) is 11.9 Å². The number of carbonyl (C=O) groups excluding carboxylic acids is 1. The fraction of sp³-hybridized carbons (Fsp3) is 0.333. The summed E-state index contributed by atoms with van der Waals surface area (Å²) in [5.41, 5.74) is 9.88. The van der Waals surface area contributed by atoms with E-state index in [2.05, 4.69) is 20.4 Å². The van der Waals surface area contributed by atoms with Crippen LogP contribution in [-0.4, -0.2) is 32.2 Å². The molecule has 1 amide bonds. The number of fused-ring (bicyclic) bond motifs is 5. The van der Waals surface area contributed by atoms with Crippen molar-refractivity contribution in [1.29, 1.82) is 0 Å². The molecule has 0 saturated heterocycles. The Bertz CT molecular complexity index is 704. The third-order valence-corrected chi connectivity index (χ3v) is 3.63. The Hall–Kier alpha value is -2.44. The third kappa shape index (κ3) is 1.38. The molecule has 2 aromatic rings. The molecule has 7 nitrogen and oxygen atoms in total. The zero-order valence-electron chi connectivity index (χ0n) is 10.2. The summed E-state index contributed by atoms with van der Waals surface area (Å²) in [6.07, 6.45) is 3.35. The summed E-state index contributed by atoms with van der Waals surface area (Å²) in [5.74, 6) is 0.188. The number of aryl methyl sites for hydroxylation is 1. The highest BCUT2D eigenvalue weighted by Gasteiger charge is 2.30. The lowest BCUT2D eigenvalue weighted by Crippen LogP contribution is -2.36. The van der Waals surface area contributed by atoms with Gasteiger partial charge in [0.05, 0.1) is 12.2 Å². The molecule has 3 heterocycles. The van der Waals surface area contributed by atoms with E-state index < -0.39 is 0 Å². The molecule has 0 unspecified atom stereocenters. The number of anilines is 1. The van der Waals surface area contributed by atoms with Gasteiger partial charge in [0.15, 0.2) is 0 Å². The van der Waals surface area contributed by atoms with Crippen LogP contribution < -0.4 is 11.1 Å². The van der Waals surface area contributed by atoms with Gasteiger partial charge in [-0.2, -0.15) is 5.10 Å². The number of carbonyl (C=O) groups is 1. The predicted octanol–water partition coefficient (Wildman–Crippen LogP) is -0.236. The van der Waals surface area contributed by atoms with Crippen molar-refractivity contribution in [2.24, 2.45) is 0 Å². The Morgan fingerprint density at radius 2 is 2.21 bits per heavy atom. The van der Waals surface area contributed by atoms with Gasteiger partial charge in [-0.15, -0.1) is 0 Å². The highest BCUT2D eigenvalue weighted by Crippen LogP contribution is 2.33. The molecule has 1 aliphatic heterocycles. The highest BCUT2D eigenvalue weighted by atomic mass is 16.2. The van der Waals surface area contributed by atoms with Gasteiger partial charge >= 0.3 is 0 Å². The number of hydrogen-bond acceptors (Lipinski definition) is 5. The lowest BCUT2D eigenvalue weighted by molar-refractivity contribution is 0.0923. The lowest BCUT2D eigenvalue weighted by atomic mass is 9.93. The molecule has 2 aliphatic rings. The van der Waals surface area contributed by atoms with E-state index in [9.17, 15) is 4.79 Å². The van der Waals surface area contributed by atoms with E-state index >= 15 is 0 Å². The van der Waals surface area contributed by atoms with E-state index in [0.717, 1.165) is 35.4 Å². The quantitative estimate of drug-likeness (QED) is 0.678. The van der Waals surface area contributed by atoms with Crippen molar-refractivity contribution >= 4 is 11.9 Å². The van der Waals surface area contributed by atoms with Gasteiger partial charge in [-0.05, 0) is 18.4 Å². The van der Waals surface area contributed by atoms with Gasteiger partial charge < -0.3 is 11.1 Å². The second kappa shape index (κ2) is 3.53. The molecule has 0 atom stereocenters. The number of nitrogen functional groups attached to an aromatic ring is 1. The number of nitrogens with zero attached hydrogens (tertiary/aromatic N) is 4. The first-order valence-corrected chi connectivity index (χ1v) is 6.23. The Balaban J connectivity index is 1.98. The SMILES string of the molecule is Nc1ncc2c(n1)-c1nn3c(c1CC2)C(=O)NCC3. The monoisotopic (exact) mass is 256 g/mol. The average molecular weight is 256 g/mol. The summed E-state index contributed by atoms with van der Waals surface area (Å²) >= 11 is 0. The van der Waals surface area contributed by atoms with E-state index in [1.54, 1.807) is 10.9 Å². The zero-order valence-corrected chi connectivity index (χ0v) is 10.2. The van der Waals surface area contributed by atoms with Crippen LogP contribution in [0.3, 0.4) is 0 Å². The highest BCUT2D eigenvalue weighted by molar-refractivity contribution is 5.96. The Morgan fingerprint density at radius 1 is 1.32 bits per heavy atom. The van der Waals surface area contributed by atoms with Crippen LogP contribution in [0.1, 0.15) is 21.6 Å². The van der Waals surface area contributed by atoms with Crippen LogP contribution in [0.2, 0.25) is 0 Å². The van der Waals surface area contributed by atoms with Gasteiger partial charge in [0.1, 0.15) is 11.4 Å². The standard InChI is InChI=1S/C12H12N6O/c13-12-15-5-6-1-2-7-9(8(6)16-12)17-18-4-3-14-11(19)10(7)18/h5H,1-4H2,(H,14,19)(H2,13,15,16). The maximum absolute atomic E-state index is 12.0. The second-order valence-corrected chi connectivity index (χ2v) is 4.76. The van der Waals surface area contributed by atoms with Crippen LogP contribution in [0, 0.1) is 0 Å². The zero-order chi connectivity index (χ0) is 13.0. The largest absolute Gasteiger partial charge is 0.368 e. The smallest absolute Gasteiger partial charge is 0.269 e. The molecule has 3 N–H and O–H groups in total. The van der Waals surface area contributed by atoms with Gasteiger partial charge in [0.25, 0.3) is 5.91 Å². The molecule has 0 bridgehead atoms. The summed E-state index contributed by atoms with van der Waals surface area (Å²) in [5, 5.41) is 7.39. The van der Waals surface area contributed by atoms with Crippen molar-refractivity contribution in [3.05, 3.63) is 23.0 Å². The topological polar surface area (TPSA) is 98.7 Å². The molecular weight excluding hydrogens is 244 g/mol. The van der Waals surface area contributed by atoms with Gasteiger partial charge in [-0.1, -0.05) is 0 Å². The van der Waals surface area contributed by atoms with E-state index in [1.165, 1.54) is 0 Å². The Morgan fingerprint density at radius 3 is 3.11 bits per heavy atom. The van der Waals surface area contributed by atoms with Crippen molar-refractivity contribution in [2.75, 3.05) is 12.3 Å². The number of nitrogens with two attached hydrogens (primary N) is 1. The maximum atomic E-state index is 12.0. The summed E-state index contributed by atoms with van der Waals surface area (Å²) in [4.78, 5) is 20.3. The normalized spacial score (nSPS) is 16.3. The first-order chi connectivity index (χ1) is 9.24. The molecule has 0 saturated carbocycles. The molecule has 96 valence electrons. The molecule has 0 aromatic carbocycles. The number of aromatic nitrogens is 4. The summed E-state index contributed by atoms with van der Waals surface area (Å²) in [6.45, 7) is 1.31. The van der Waals surface area contributed by atoms with Crippen LogP contribution in [0.25, 0.3) is 11.4 Å². The van der Waals surface area contributed by atoms with Crippen molar-refractivity contribution in [1.82, 2.24) is 25.1 Å². The molecule has 7 heteroatoms. The van der Waals surface area contributed by atoms with Crippen LogP contribution in [-0.2, 0) is 19.4 Å². The summed E-state index contributed by atoms with van der Waals surface area (Å²) in [6, 6.07) is 0. The van der Waals surface area contributed by atoms with E-state index in [0.29, 0.717) is 18.8 Å². The van der Waals surface area contributed by atoms with E-state index in [4.69, 9.17) is 5.73 Å². The van der Waals surface area contributed by atoms with Crippen LogP contribution in [0.15, 0.2) is 6.20 Å². The fourth-order valence-electron chi connectivity index (χ4n) is 2.77. The van der Waals surface area contributed by atoms with Gasteiger partial charge in [0, 0.05) is 18.3 Å². The second-order valence-electron chi connectivity index (χ2n) is 4.76. The Kier molecular flexibility index (Phi) is 1.95. The van der Waals surface area contributed by atoms with Gasteiger partial charge in [-0.25, -0.2) is 9.97 Å².